The SMILES string of the molecule is CC(C)(C)P(CCN)C(C)(C)C.Cl. The van der Waals surface area contributed by atoms with E-state index >= 15 is 0 Å². The Morgan fingerprint density at radius 3 is 1.31 bits per heavy atom. The van der Waals surface area contributed by atoms with E-state index in [4.69, 9.17) is 5.73 Å². The maximum Gasteiger partial charge on any atom is -0.00375 e. The molecule has 13 heavy (non-hydrogen) atoms. The first kappa shape index (κ1) is 16.1. The highest BCUT2D eigenvalue weighted by Gasteiger charge is 2.32. The summed E-state index contributed by atoms with van der Waals surface area (Å²) in [5.74, 6) is 0. The van der Waals surface area contributed by atoms with Crippen molar-refractivity contribution in [2.75, 3.05) is 12.7 Å². The minimum absolute atomic E-state index is 0. The Balaban J connectivity index is 0. The van der Waals surface area contributed by atoms with Gasteiger partial charge < -0.3 is 5.73 Å². The van der Waals surface area contributed by atoms with Crippen molar-refractivity contribution in [3.8, 4) is 0 Å². The van der Waals surface area contributed by atoms with Crippen LogP contribution in [0, 0.1) is 0 Å². The highest BCUT2D eigenvalue weighted by molar-refractivity contribution is 7.60. The topological polar surface area (TPSA) is 26.0 Å². The van der Waals surface area contributed by atoms with Gasteiger partial charge in [-0.15, -0.1) is 12.4 Å². The first-order chi connectivity index (χ1) is 5.19. The van der Waals surface area contributed by atoms with Crippen LogP contribution in [0.15, 0.2) is 0 Å². The molecule has 1 nitrogen and oxygen atoms in total. The van der Waals surface area contributed by atoms with E-state index in [1.165, 1.54) is 6.16 Å². The molecule has 0 rings (SSSR count). The fourth-order valence-electron chi connectivity index (χ4n) is 1.81. The predicted molar refractivity (Wildman–Crippen MR) is 67.6 cm³/mol. The van der Waals surface area contributed by atoms with Crippen molar-refractivity contribution in [2.45, 2.75) is 51.9 Å². The lowest BCUT2D eigenvalue weighted by Crippen LogP contribution is -2.28. The van der Waals surface area contributed by atoms with E-state index in [0.29, 0.717) is 10.3 Å². The van der Waals surface area contributed by atoms with Crippen molar-refractivity contribution in [2.24, 2.45) is 5.73 Å². The van der Waals surface area contributed by atoms with Gasteiger partial charge in [0.15, 0.2) is 0 Å². The summed E-state index contributed by atoms with van der Waals surface area (Å²) in [6.45, 7) is 14.8. The Morgan fingerprint density at radius 1 is 0.923 bits per heavy atom. The number of hydrogen-bond donors (Lipinski definition) is 1. The molecule has 0 saturated heterocycles. The van der Waals surface area contributed by atoms with Crippen molar-refractivity contribution >= 4 is 20.3 Å². The van der Waals surface area contributed by atoms with Crippen molar-refractivity contribution in [1.82, 2.24) is 0 Å². The zero-order valence-electron chi connectivity index (χ0n) is 9.85. The van der Waals surface area contributed by atoms with Gasteiger partial charge in [0.25, 0.3) is 0 Å². The molecule has 0 unspecified atom stereocenters. The normalized spacial score (nSPS) is 12.9. The van der Waals surface area contributed by atoms with Gasteiger partial charge in [0.05, 0.1) is 0 Å². The number of hydrogen-bond acceptors (Lipinski definition) is 1. The van der Waals surface area contributed by atoms with Gasteiger partial charge in [-0.3, -0.25) is 0 Å². The second kappa shape index (κ2) is 5.53. The zero-order chi connectivity index (χ0) is 9.99. The van der Waals surface area contributed by atoms with E-state index in [-0.39, 0.29) is 20.3 Å². The molecular weight excluding hydrogens is 201 g/mol. The molecule has 0 aliphatic rings. The van der Waals surface area contributed by atoms with Gasteiger partial charge in [-0.1, -0.05) is 49.5 Å². The van der Waals surface area contributed by atoms with Crippen molar-refractivity contribution in [1.29, 1.82) is 0 Å². The average molecular weight is 226 g/mol. The van der Waals surface area contributed by atoms with Crippen molar-refractivity contribution in [3.63, 3.8) is 0 Å². The molecule has 0 aliphatic heterocycles. The molecular formula is C10H25ClNP. The molecule has 2 N–H and O–H groups in total. The lowest BCUT2D eigenvalue weighted by Gasteiger charge is -2.41. The molecule has 0 amide bonds. The van der Waals surface area contributed by atoms with Crippen LogP contribution in [0.2, 0.25) is 0 Å². The quantitative estimate of drug-likeness (QED) is 0.716. The lowest BCUT2D eigenvalue weighted by atomic mass is 10.2. The summed E-state index contributed by atoms with van der Waals surface area (Å²) in [6, 6.07) is 0. The van der Waals surface area contributed by atoms with Gasteiger partial charge in [-0.2, -0.15) is 0 Å². The molecule has 0 aliphatic carbocycles. The molecule has 0 saturated carbocycles. The smallest absolute Gasteiger partial charge is 0.00375 e. The molecule has 0 aromatic heterocycles. The van der Waals surface area contributed by atoms with E-state index in [9.17, 15) is 0 Å². The van der Waals surface area contributed by atoms with Crippen LogP contribution in [-0.4, -0.2) is 23.0 Å². The summed E-state index contributed by atoms with van der Waals surface area (Å²) in [7, 11) is 0.0322. The maximum atomic E-state index is 5.64. The maximum absolute atomic E-state index is 5.64. The largest absolute Gasteiger partial charge is 0.330 e. The van der Waals surface area contributed by atoms with Gasteiger partial charge >= 0.3 is 0 Å². The number of rotatable bonds is 2. The first-order valence-electron chi connectivity index (χ1n) is 4.67. The van der Waals surface area contributed by atoms with Gasteiger partial charge in [0, 0.05) is 0 Å². The van der Waals surface area contributed by atoms with Gasteiger partial charge in [-0.05, 0) is 23.0 Å². The fraction of sp³-hybridized carbons (Fsp3) is 1.00. The van der Waals surface area contributed by atoms with E-state index in [1.807, 2.05) is 0 Å². The Bertz CT molecular complexity index is 121. The molecule has 82 valence electrons. The van der Waals surface area contributed by atoms with Crippen LogP contribution in [0.4, 0.5) is 0 Å². The molecule has 0 heterocycles. The minimum Gasteiger partial charge on any atom is -0.330 e. The summed E-state index contributed by atoms with van der Waals surface area (Å²) < 4.78 is 0. The highest BCUT2D eigenvalue weighted by atomic mass is 35.5. The van der Waals surface area contributed by atoms with Crippen LogP contribution in [0.3, 0.4) is 0 Å². The summed E-state index contributed by atoms with van der Waals surface area (Å²) in [5, 5.41) is 0.875. The molecule has 0 aromatic rings. The van der Waals surface area contributed by atoms with Crippen LogP contribution in [0.5, 0.6) is 0 Å². The Labute approximate surface area is 91.0 Å². The van der Waals surface area contributed by atoms with Gasteiger partial charge in [-0.25, -0.2) is 0 Å². The molecule has 0 bridgehead atoms. The summed E-state index contributed by atoms with van der Waals surface area (Å²) in [4.78, 5) is 0. The van der Waals surface area contributed by atoms with Crippen LogP contribution in [0.1, 0.15) is 41.5 Å². The Hall–Kier alpha value is 0.680. The standard InChI is InChI=1S/C10H24NP.ClH/c1-9(2,3)12(8-7-11)10(4,5)6;/h7-8,11H2,1-6H3;1H. The summed E-state index contributed by atoms with van der Waals surface area (Å²) in [5.41, 5.74) is 5.64. The molecule has 0 spiro atoms. The molecule has 0 fully saturated rings. The third-order valence-electron chi connectivity index (χ3n) is 1.97. The Kier molecular flexibility index (Phi) is 6.86. The molecule has 3 heteroatoms. The summed E-state index contributed by atoms with van der Waals surface area (Å²) in [6.07, 6.45) is 1.20. The van der Waals surface area contributed by atoms with Crippen molar-refractivity contribution in [3.05, 3.63) is 0 Å². The monoisotopic (exact) mass is 225 g/mol. The molecule has 0 atom stereocenters. The van der Waals surface area contributed by atoms with E-state index in [1.54, 1.807) is 0 Å². The highest BCUT2D eigenvalue weighted by Crippen LogP contribution is 2.58. The number of nitrogens with two attached hydrogens (primary N) is 1. The van der Waals surface area contributed by atoms with Crippen LogP contribution in [0.25, 0.3) is 0 Å². The van der Waals surface area contributed by atoms with Crippen LogP contribution < -0.4 is 5.73 Å². The third kappa shape index (κ3) is 5.88. The zero-order valence-corrected chi connectivity index (χ0v) is 11.6. The predicted octanol–water partition coefficient (Wildman–Crippen LogP) is 3.45. The number of halogens is 1. The molecule has 0 radical (unpaired) electrons. The van der Waals surface area contributed by atoms with Gasteiger partial charge in [0.1, 0.15) is 0 Å². The van der Waals surface area contributed by atoms with Crippen molar-refractivity contribution < 1.29 is 0 Å². The Morgan fingerprint density at radius 2 is 1.23 bits per heavy atom. The lowest BCUT2D eigenvalue weighted by molar-refractivity contribution is 0.703. The van der Waals surface area contributed by atoms with Crippen LogP contribution in [-0.2, 0) is 0 Å². The first-order valence-corrected chi connectivity index (χ1v) is 6.20. The van der Waals surface area contributed by atoms with E-state index in [0.717, 1.165) is 6.54 Å². The summed E-state index contributed by atoms with van der Waals surface area (Å²) >= 11 is 0. The second-order valence-electron chi connectivity index (χ2n) is 5.28. The van der Waals surface area contributed by atoms with E-state index in [2.05, 4.69) is 41.5 Å². The average Bonchev–Trinajstić information content (AvgIpc) is 1.77. The second-order valence-corrected chi connectivity index (χ2v) is 9.27. The molecule has 0 aromatic carbocycles. The third-order valence-corrected chi connectivity index (χ3v) is 5.92. The van der Waals surface area contributed by atoms with Gasteiger partial charge in [0.2, 0.25) is 0 Å². The van der Waals surface area contributed by atoms with Crippen LogP contribution >= 0.6 is 20.3 Å². The van der Waals surface area contributed by atoms with E-state index < -0.39 is 0 Å². The fourth-order valence-corrected chi connectivity index (χ4v) is 5.42. The minimum atomic E-state index is 0.